The quantitative estimate of drug-likeness (QED) is 0.341. The molecule has 3 atom stereocenters. The van der Waals surface area contributed by atoms with E-state index in [0.717, 1.165) is 26.1 Å². The Bertz CT molecular complexity index is 1420. The van der Waals surface area contributed by atoms with Crippen LogP contribution in [-0.4, -0.2) is 45.5 Å². The number of fused-ring (bicyclic) bond motifs is 2. The van der Waals surface area contributed by atoms with Gasteiger partial charge in [0.05, 0.1) is 48.8 Å². The molecule has 6 nitrogen and oxygen atoms in total. The first kappa shape index (κ1) is 23.7. The number of aromatic nitrogens is 4. The Labute approximate surface area is 213 Å². The highest BCUT2D eigenvalue weighted by atomic mass is 16.5. The highest BCUT2D eigenvalue weighted by molar-refractivity contribution is 5.80. The molecule has 0 saturated carbocycles. The van der Waals surface area contributed by atoms with E-state index in [-0.39, 0.29) is 22.5 Å². The molecule has 4 heterocycles. The summed E-state index contributed by atoms with van der Waals surface area (Å²) in [5.41, 5.74) is 4.88. The van der Waals surface area contributed by atoms with Crippen LogP contribution in [0.2, 0.25) is 0 Å². The summed E-state index contributed by atoms with van der Waals surface area (Å²) in [6, 6.07) is 13.9. The van der Waals surface area contributed by atoms with Crippen LogP contribution < -0.4 is 0 Å². The lowest BCUT2D eigenvalue weighted by Gasteiger charge is -2.49. The van der Waals surface area contributed by atoms with E-state index >= 15 is 0 Å². The topological polar surface area (TPSA) is 54.1 Å². The van der Waals surface area contributed by atoms with Crippen molar-refractivity contribution in [3.05, 3.63) is 59.9 Å². The third-order valence-electron chi connectivity index (χ3n) is 8.52. The zero-order chi connectivity index (χ0) is 25.3. The molecule has 6 rings (SSSR count). The molecule has 2 aromatic carbocycles. The maximum atomic E-state index is 6.26. The van der Waals surface area contributed by atoms with Crippen molar-refractivity contribution in [2.45, 2.75) is 82.9 Å². The average molecular weight is 487 g/mol. The Kier molecular flexibility index (Phi) is 5.36. The molecule has 3 unspecified atom stereocenters. The van der Waals surface area contributed by atoms with E-state index in [1.54, 1.807) is 0 Å². The first-order chi connectivity index (χ1) is 17.1. The lowest BCUT2D eigenvalue weighted by molar-refractivity contribution is -0.177. The SMILES string of the molecule is CC(C)(C)c1ccc2cnn(C3(C)COC3CC(C)(C)c3ccc4cnn(C5CCOC5)c4c3)c2c1. The van der Waals surface area contributed by atoms with Crippen LogP contribution in [0.25, 0.3) is 21.8 Å². The fraction of sp³-hybridized carbons (Fsp3) is 0.533. The van der Waals surface area contributed by atoms with Crippen LogP contribution in [0.1, 0.15) is 71.6 Å². The smallest absolute Gasteiger partial charge is 0.110 e. The molecule has 2 aliphatic rings. The molecule has 36 heavy (non-hydrogen) atoms. The van der Waals surface area contributed by atoms with Crippen molar-refractivity contribution >= 4 is 21.8 Å². The average Bonchev–Trinajstić information content (AvgIpc) is 3.59. The minimum absolute atomic E-state index is 0.0681. The van der Waals surface area contributed by atoms with Gasteiger partial charge in [0.25, 0.3) is 0 Å². The number of nitrogens with zero attached hydrogens (tertiary/aromatic N) is 4. The van der Waals surface area contributed by atoms with Crippen LogP contribution in [-0.2, 0) is 25.8 Å². The molecule has 0 bridgehead atoms. The monoisotopic (exact) mass is 486 g/mol. The minimum Gasteiger partial charge on any atom is -0.379 e. The van der Waals surface area contributed by atoms with Crippen LogP contribution in [0.3, 0.4) is 0 Å². The molecular weight excluding hydrogens is 448 g/mol. The van der Waals surface area contributed by atoms with Crippen LogP contribution >= 0.6 is 0 Å². The Morgan fingerprint density at radius 3 is 2.31 bits per heavy atom. The summed E-state index contributed by atoms with van der Waals surface area (Å²) in [5, 5.41) is 11.9. The van der Waals surface area contributed by atoms with Crippen molar-refractivity contribution in [2.24, 2.45) is 0 Å². The fourth-order valence-electron chi connectivity index (χ4n) is 5.86. The highest BCUT2D eigenvalue weighted by Crippen LogP contribution is 2.43. The fourth-order valence-corrected chi connectivity index (χ4v) is 5.86. The van der Waals surface area contributed by atoms with Gasteiger partial charge in [-0.1, -0.05) is 58.9 Å². The van der Waals surface area contributed by atoms with Gasteiger partial charge in [-0.3, -0.25) is 9.36 Å². The molecular formula is C30H38N4O2. The van der Waals surface area contributed by atoms with E-state index in [9.17, 15) is 0 Å². The molecule has 2 aromatic heterocycles. The third kappa shape index (κ3) is 3.77. The van der Waals surface area contributed by atoms with Crippen molar-refractivity contribution in [3.63, 3.8) is 0 Å². The van der Waals surface area contributed by atoms with Gasteiger partial charge in [-0.2, -0.15) is 10.2 Å². The first-order valence-corrected chi connectivity index (χ1v) is 13.2. The molecule has 0 radical (unpaired) electrons. The molecule has 2 aliphatic heterocycles. The normalized spacial score (nSPS) is 25.1. The van der Waals surface area contributed by atoms with Gasteiger partial charge < -0.3 is 9.47 Å². The zero-order valence-electron chi connectivity index (χ0n) is 22.4. The van der Waals surface area contributed by atoms with Gasteiger partial charge >= 0.3 is 0 Å². The number of hydrogen-bond donors (Lipinski definition) is 0. The predicted octanol–water partition coefficient (Wildman–Crippen LogP) is 6.13. The number of benzene rings is 2. The summed E-state index contributed by atoms with van der Waals surface area (Å²) >= 11 is 0. The van der Waals surface area contributed by atoms with E-state index in [1.165, 1.54) is 32.9 Å². The van der Waals surface area contributed by atoms with Crippen molar-refractivity contribution < 1.29 is 9.47 Å². The number of hydrogen-bond acceptors (Lipinski definition) is 4. The van der Waals surface area contributed by atoms with Crippen LogP contribution in [0.5, 0.6) is 0 Å². The first-order valence-electron chi connectivity index (χ1n) is 13.2. The van der Waals surface area contributed by atoms with E-state index in [1.807, 2.05) is 12.4 Å². The minimum atomic E-state index is -0.178. The van der Waals surface area contributed by atoms with Crippen LogP contribution in [0.4, 0.5) is 0 Å². The van der Waals surface area contributed by atoms with E-state index in [0.29, 0.717) is 12.6 Å². The zero-order valence-corrected chi connectivity index (χ0v) is 22.4. The molecule has 0 aliphatic carbocycles. The Morgan fingerprint density at radius 2 is 1.64 bits per heavy atom. The van der Waals surface area contributed by atoms with Crippen molar-refractivity contribution in [1.82, 2.24) is 19.6 Å². The molecule has 0 N–H and O–H groups in total. The Balaban J connectivity index is 1.30. The summed E-state index contributed by atoms with van der Waals surface area (Å²) in [4.78, 5) is 0. The predicted molar refractivity (Wildman–Crippen MR) is 144 cm³/mol. The van der Waals surface area contributed by atoms with Gasteiger partial charge in [-0.05, 0) is 53.9 Å². The maximum Gasteiger partial charge on any atom is 0.110 e. The van der Waals surface area contributed by atoms with Crippen LogP contribution in [0, 0.1) is 0 Å². The second kappa shape index (κ2) is 8.15. The van der Waals surface area contributed by atoms with E-state index in [4.69, 9.17) is 19.7 Å². The van der Waals surface area contributed by atoms with Crippen molar-refractivity contribution in [3.8, 4) is 0 Å². The summed E-state index contributed by atoms with van der Waals surface area (Å²) in [7, 11) is 0. The van der Waals surface area contributed by atoms with E-state index < -0.39 is 0 Å². The van der Waals surface area contributed by atoms with Crippen molar-refractivity contribution in [2.75, 3.05) is 19.8 Å². The van der Waals surface area contributed by atoms with Gasteiger partial charge in [0.15, 0.2) is 0 Å². The molecule has 2 fully saturated rings. The molecule has 0 amide bonds. The van der Waals surface area contributed by atoms with Gasteiger partial charge in [0.1, 0.15) is 5.54 Å². The van der Waals surface area contributed by atoms with Crippen molar-refractivity contribution in [1.29, 1.82) is 0 Å². The number of ether oxygens (including phenoxy) is 2. The van der Waals surface area contributed by atoms with Gasteiger partial charge in [0.2, 0.25) is 0 Å². The summed E-state index contributed by atoms with van der Waals surface area (Å²) in [5.74, 6) is 0. The summed E-state index contributed by atoms with van der Waals surface area (Å²) < 4.78 is 16.3. The second-order valence-electron chi connectivity index (χ2n) is 12.7. The molecule has 6 heteroatoms. The third-order valence-corrected chi connectivity index (χ3v) is 8.52. The highest BCUT2D eigenvalue weighted by Gasteiger charge is 2.49. The second-order valence-corrected chi connectivity index (χ2v) is 12.7. The van der Waals surface area contributed by atoms with Gasteiger partial charge in [-0.15, -0.1) is 0 Å². The Morgan fingerprint density at radius 1 is 0.944 bits per heavy atom. The summed E-state index contributed by atoms with van der Waals surface area (Å²) in [6.07, 6.45) is 5.99. The maximum absolute atomic E-state index is 6.26. The largest absolute Gasteiger partial charge is 0.379 e. The standard InChI is InChI=1S/C30H38N4O2/c1-28(2,3)22-9-7-21-17-32-34(26(21)13-22)30(6)19-36-27(30)15-29(4,5)23-10-8-20-16-31-33(25(20)14-23)24-11-12-35-18-24/h7-10,13-14,16-17,24,27H,11-12,15,18-19H2,1-6H3. The molecule has 2 saturated heterocycles. The number of rotatable bonds is 5. The molecule has 4 aromatic rings. The molecule has 0 spiro atoms. The Hall–Kier alpha value is -2.70. The summed E-state index contributed by atoms with van der Waals surface area (Å²) in [6.45, 7) is 16.0. The lowest BCUT2D eigenvalue weighted by atomic mass is 9.73. The van der Waals surface area contributed by atoms with Crippen LogP contribution in [0.15, 0.2) is 48.8 Å². The molecule has 190 valence electrons. The van der Waals surface area contributed by atoms with E-state index in [2.05, 4.69) is 87.3 Å². The van der Waals surface area contributed by atoms with Gasteiger partial charge in [0, 0.05) is 17.4 Å². The lowest BCUT2D eigenvalue weighted by Crippen LogP contribution is -2.59. The van der Waals surface area contributed by atoms with Gasteiger partial charge in [-0.25, -0.2) is 0 Å².